The van der Waals surface area contributed by atoms with Crippen molar-refractivity contribution in [2.75, 3.05) is 31.6 Å². The second-order valence-electron chi connectivity index (χ2n) is 9.28. The van der Waals surface area contributed by atoms with Crippen LogP contribution in [0.5, 0.6) is 0 Å². The van der Waals surface area contributed by atoms with Crippen LogP contribution in [-0.4, -0.2) is 59.3 Å². The smallest absolute Gasteiger partial charge is 0.321 e. The molecule has 3 atom stereocenters. The van der Waals surface area contributed by atoms with Gasteiger partial charge in [0.25, 0.3) is 0 Å². The van der Waals surface area contributed by atoms with Gasteiger partial charge in [0.1, 0.15) is 11.6 Å². The summed E-state index contributed by atoms with van der Waals surface area (Å²) >= 11 is 0. The summed E-state index contributed by atoms with van der Waals surface area (Å²) in [5.74, 6) is -0.606. The zero-order valence-corrected chi connectivity index (χ0v) is 19.4. The van der Waals surface area contributed by atoms with Gasteiger partial charge in [-0.05, 0) is 54.8 Å². The van der Waals surface area contributed by atoms with Gasteiger partial charge in [-0.1, -0.05) is 48.5 Å². The minimum Gasteiger partial charge on any atom is -0.395 e. The van der Waals surface area contributed by atoms with Crippen LogP contribution in [-0.2, 0) is 0 Å². The number of anilines is 1. The predicted octanol–water partition coefficient (Wildman–Crippen LogP) is 5.09. The third-order valence-corrected chi connectivity index (χ3v) is 7.21. The van der Waals surface area contributed by atoms with E-state index in [-0.39, 0.29) is 36.5 Å². The summed E-state index contributed by atoms with van der Waals surface area (Å²) < 4.78 is 27.8. The molecule has 2 fully saturated rings. The molecule has 0 spiro atoms. The Morgan fingerprint density at radius 1 is 0.971 bits per heavy atom. The molecule has 5 nitrogen and oxygen atoms in total. The standard InChI is InChI=1S/C28H29F2N3O2/c29-21-6-5-7-22(16-21)31-28(35)32-14-3-4-15-33-25(17-32)27(26(33)18-34)20-12-10-19(11-13-20)23-8-1-2-9-24(23)30/h1-2,5-13,16,25-27,34H,3-4,14-15,17-18H2,(H,31,35)/t25-,26+,27+/m1/s1. The number of fused-ring (bicyclic) bond motifs is 1. The zero-order valence-electron chi connectivity index (χ0n) is 19.4. The number of rotatable bonds is 4. The van der Waals surface area contributed by atoms with Crippen molar-refractivity contribution in [1.29, 1.82) is 0 Å². The third kappa shape index (κ3) is 4.79. The number of aliphatic hydroxyl groups is 1. The van der Waals surface area contributed by atoms with Crippen molar-refractivity contribution in [3.05, 3.63) is 90.0 Å². The molecule has 2 aliphatic rings. The van der Waals surface area contributed by atoms with E-state index in [2.05, 4.69) is 10.2 Å². The summed E-state index contributed by atoms with van der Waals surface area (Å²) in [4.78, 5) is 17.1. The van der Waals surface area contributed by atoms with Gasteiger partial charge >= 0.3 is 6.03 Å². The molecule has 3 aromatic carbocycles. The Labute approximate surface area is 204 Å². The molecule has 2 aliphatic heterocycles. The van der Waals surface area contributed by atoms with Crippen molar-refractivity contribution in [3.63, 3.8) is 0 Å². The fourth-order valence-corrected chi connectivity index (χ4v) is 5.47. The van der Waals surface area contributed by atoms with Crippen molar-refractivity contribution in [2.45, 2.75) is 30.8 Å². The van der Waals surface area contributed by atoms with E-state index >= 15 is 0 Å². The van der Waals surface area contributed by atoms with Gasteiger partial charge in [-0.25, -0.2) is 13.6 Å². The van der Waals surface area contributed by atoms with E-state index in [4.69, 9.17) is 0 Å². The summed E-state index contributed by atoms with van der Waals surface area (Å²) in [6, 6.07) is 20.2. The van der Waals surface area contributed by atoms with E-state index in [0.29, 0.717) is 24.3 Å². The van der Waals surface area contributed by atoms with E-state index in [9.17, 15) is 18.7 Å². The molecule has 2 amide bonds. The van der Waals surface area contributed by atoms with Gasteiger partial charge in [-0.3, -0.25) is 4.90 Å². The number of nitrogens with zero attached hydrogens (tertiary/aromatic N) is 2. The van der Waals surface area contributed by atoms with Gasteiger partial charge in [-0.2, -0.15) is 0 Å². The van der Waals surface area contributed by atoms with E-state index in [0.717, 1.165) is 30.5 Å². The largest absolute Gasteiger partial charge is 0.395 e. The highest BCUT2D eigenvalue weighted by Gasteiger charge is 2.49. The van der Waals surface area contributed by atoms with Crippen LogP contribution in [0, 0.1) is 11.6 Å². The zero-order chi connectivity index (χ0) is 24.4. The van der Waals surface area contributed by atoms with Crippen molar-refractivity contribution < 1.29 is 18.7 Å². The number of carbonyl (C=O) groups is 1. The maximum Gasteiger partial charge on any atom is 0.321 e. The molecule has 0 aromatic heterocycles. The Hall–Kier alpha value is -3.29. The van der Waals surface area contributed by atoms with Crippen LogP contribution in [0.1, 0.15) is 24.3 Å². The molecule has 7 heteroatoms. The molecule has 0 bridgehead atoms. The highest BCUT2D eigenvalue weighted by Crippen LogP contribution is 2.42. The molecular formula is C28H29F2N3O2. The average Bonchev–Trinajstić information content (AvgIpc) is 2.84. The Balaban J connectivity index is 1.35. The highest BCUT2D eigenvalue weighted by atomic mass is 19.1. The van der Waals surface area contributed by atoms with Gasteiger partial charge in [0, 0.05) is 42.3 Å². The topological polar surface area (TPSA) is 55.8 Å². The minimum atomic E-state index is -0.398. The molecule has 0 aliphatic carbocycles. The highest BCUT2D eigenvalue weighted by molar-refractivity contribution is 5.89. The number of benzene rings is 3. The molecule has 0 radical (unpaired) electrons. The summed E-state index contributed by atoms with van der Waals surface area (Å²) in [6.07, 6.45) is 1.79. The van der Waals surface area contributed by atoms with Gasteiger partial charge in [0.2, 0.25) is 0 Å². The molecule has 182 valence electrons. The summed E-state index contributed by atoms with van der Waals surface area (Å²) in [7, 11) is 0. The van der Waals surface area contributed by atoms with Crippen molar-refractivity contribution >= 4 is 11.7 Å². The van der Waals surface area contributed by atoms with Crippen LogP contribution in [0.15, 0.2) is 72.8 Å². The molecular weight excluding hydrogens is 448 g/mol. The van der Waals surface area contributed by atoms with Crippen LogP contribution >= 0.6 is 0 Å². The summed E-state index contributed by atoms with van der Waals surface area (Å²) in [5.41, 5.74) is 2.85. The van der Waals surface area contributed by atoms with Crippen LogP contribution < -0.4 is 5.32 Å². The fraction of sp³-hybridized carbons (Fsp3) is 0.321. The maximum absolute atomic E-state index is 14.2. The molecule has 35 heavy (non-hydrogen) atoms. The Kier molecular flexibility index (Phi) is 6.79. The van der Waals surface area contributed by atoms with Crippen LogP contribution in [0.25, 0.3) is 11.1 Å². The lowest BCUT2D eigenvalue weighted by molar-refractivity contribution is -0.0585. The van der Waals surface area contributed by atoms with Gasteiger partial charge in [-0.15, -0.1) is 0 Å². The van der Waals surface area contributed by atoms with E-state index in [1.807, 2.05) is 30.3 Å². The SMILES string of the molecule is O=C(Nc1cccc(F)c1)N1CCCCN2[C@H](C1)[C@H](c1ccc(-c3ccccc3F)cc1)[C@@H]2CO. The molecule has 3 aromatic rings. The van der Waals surface area contributed by atoms with Gasteiger partial charge < -0.3 is 15.3 Å². The number of carbonyl (C=O) groups excluding carboxylic acids is 1. The van der Waals surface area contributed by atoms with Crippen LogP contribution in [0.3, 0.4) is 0 Å². The summed E-state index contributed by atoms with van der Waals surface area (Å²) in [5, 5.41) is 13.0. The van der Waals surface area contributed by atoms with Crippen LogP contribution in [0.4, 0.5) is 19.3 Å². The molecule has 0 saturated carbocycles. The second kappa shape index (κ2) is 10.1. The molecule has 0 unspecified atom stereocenters. The third-order valence-electron chi connectivity index (χ3n) is 7.21. The lowest BCUT2D eigenvalue weighted by atomic mass is 9.74. The molecule has 5 rings (SSSR count). The quantitative estimate of drug-likeness (QED) is 0.551. The normalized spacial score (nSPS) is 22.5. The first kappa shape index (κ1) is 23.5. The van der Waals surface area contributed by atoms with Crippen LogP contribution in [0.2, 0.25) is 0 Å². The lowest BCUT2D eigenvalue weighted by Crippen LogP contribution is -2.68. The number of amides is 2. The van der Waals surface area contributed by atoms with Crippen molar-refractivity contribution in [2.24, 2.45) is 0 Å². The minimum absolute atomic E-state index is 0.0226. The Morgan fingerprint density at radius 2 is 1.74 bits per heavy atom. The Morgan fingerprint density at radius 3 is 2.49 bits per heavy atom. The monoisotopic (exact) mass is 477 g/mol. The predicted molar refractivity (Wildman–Crippen MR) is 132 cm³/mol. The lowest BCUT2D eigenvalue weighted by Gasteiger charge is -2.57. The first-order chi connectivity index (χ1) is 17.0. The van der Waals surface area contributed by atoms with Crippen molar-refractivity contribution in [3.8, 4) is 11.1 Å². The molecule has 2 N–H and O–H groups in total. The number of hydrogen-bond donors (Lipinski definition) is 2. The molecule has 2 saturated heterocycles. The van der Waals surface area contributed by atoms with Gasteiger partial charge in [0.15, 0.2) is 0 Å². The maximum atomic E-state index is 14.2. The number of aliphatic hydroxyl groups excluding tert-OH is 1. The second-order valence-corrected chi connectivity index (χ2v) is 9.28. The number of nitrogens with one attached hydrogen (secondary N) is 1. The van der Waals surface area contributed by atoms with E-state index < -0.39 is 5.82 Å². The number of urea groups is 1. The fourth-order valence-electron chi connectivity index (χ4n) is 5.47. The van der Waals surface area contributed by atoms with E-state index in [1.165, 1.54) is 18.2 Å². The van der Waals surface area contributed by atoms with Crippen molar-refractivity contribution in [1.82, 2.24) is 9.80 Å². The average molecular weight is 478 g/mol. The van der Waals surface area contributed by atoms with E-state index in [1.54, 1.807) is 29.2 Å². The first-order valence-electron chi connectivity index (χ1n) is 12.1. The first-order valence-corrected chi connectivity index (χ1v) is 12.1. The number of hydrogen-bond acceptors (Lipinski definition) is 3. The van der Waals surface area contributed by atoms with Gasteiger partial charge in [0.05, 0.1) is 6.61 Å². The summed E-state index contributed by atoms with van der Waals surface area (Å²) in [6.45, 7) is 2.04. The Bertz CT molecular complexity index is 1190. The number of halogens is 2. The molecule has 2 heterocycles.